The van der Waals surface area contributed by atoms with Crippen LogP contribution >= 0.6 is 0 Å². The number of nitrogens with zero attached hydrogens (tertiary/aromatic N) is 3. The van der Waals surface area contributed by atoms with Crippen LogP contribution in [0.5, 0.6) is 0 Å². The summed E-state index contributed by atoms with van der Waals surface area (Å²) >= 11 is 0. The van der Waals surface area contributed by atoms with Crippen LogP contribution in [0.25, 0.3) is 5.69 Å². The van der Waals surface area contributed by atoms with Gasteiger partial charge in [-0.3, -0.25) is 0 Å². The molecule has 2 heterocycles. The molecule has 0 aliphatic carbocycles. The average Bonchev–Trinajstić information content (AvgIpc) is 3.02. The van der Waals surface area contributed by atoms with Gasteiger partial charge in [-0.25, -0.2) is 0 Å². The number of anilines is 1. The van der Waals surface area contributed by atoms with Crippen molar-refractivity contribution < 1.29 is 4.74 Å². The summed E-state index contributed by atoms with van der Waals surface area (Å²) in [4.78, 5) is 1.62. The Kier molecular flexibility index (Phi) is 3.92. The molecule has 5 nitrogen and oxygen atoms in total. The molecule has 1 aliphatic heterocycles. The number of aromatic nitrogens is 3. The zero-order valence-electron chi connectivity index (χ0n) is 12.6. The van der Waals surface area contributed by atoms with Crippen LogP contribution in [0.2, 0.25) is 0 Å². The van der Waals surface area contributed by atoms with E-state index in [1.54, 1.807) is 17.2 Å². The molecule has 0 spiro atoms. The number of hydrogen-bond donors (Lipinski definition) is 1. The summed E-state index contributed by atoms with van der Waals surface area (Å²) < 4.78 is 5.89. The van der Waals surface area contributed by atoms with Gasteiger partial charge in [-0.05, 0) is 50.5 Å². The van der Waals surface area contributed by atoms with E-state index in [2.05, 4.69) is 41.5 Å². The first-order valence-electron chi connectivity index (χ1n) is 7.56. The Morgan fingerprint density at radius 1 is 1.29 bits per heavy atom. The summed E-state index contributed by atoms with van der Waals surface area (Å²) in [6.07, 6.45) is 6.51. The summed E-state index contributed by atoms with van der Waals surface area (Å²) in [6.45, 7) is 5.22. The predicted molar refractivity (Wildman–Crippen MR) is 82.7 cm³/mol. The second kappa shape index (κ2) is 5.85. The lowest BCUT2D eigenvalue weighted by atomic mass is 9.90. The molecule has 112 valence electrons. The molecule has 3 rings (SSSR count). The minimum Gasteiger partial charge on any atom is -0.382 e. The molecule has 1 aromatic heterocycles. The van der Waals surface area contributed by atoms with Crippen molar-refractivity contribution in [3.63, 3.8) is 0 Å². The third-order valence-electron chi connectivity index (χ3n) is 4.23. The van der Waals surface area contributed by atoms with Gasteiger partial charge >= 0.3 is 0 Å². The molecule has 2 unspecified atom stereocenters. The van der Waals surface area contributed by atoms with E-state index in [1.807, 2.05) is 12.1 Å². The quantitative estimate of drug-likeness (QED) is 0.938. The van der Waals surface area contributed by atoms with E-state index in [9.17, 15) is 0 Å². The van der Waals surface area contributed by atoms with Crippen LogP contribution in [0.15, 0.2) is 36.7 Å². The predicted octanol–water partition coefficient (Wildman–Crippen LogP) is 3.03. The van der Waals surface area contributed by atoms with E-state index in [4.69, 9.17) is 4.74 Å². The van der Waals surface area contributed by atoms with Crippen LogP contribution in [0, 0.1) is 0 Å². The summed E-state index contributed by atoms with van der Waals surface area (Å²) in [5, 5.41) is 11.9. The van der Waals surface area contributed by atoms with Gasteiger partial charge in [0.15, 0.2) is 0 Å². The SMILES string of the molecule is CCC1(C)CC(Nc2ccc(-n3nccn3)cc2)CCO1. The molecule has 0 radical (unpaired) electrons. The maximum absolute atomic E-state index is 5.89. The highest BCUT2D eigenvalue weighted by atomic mass is 16.5. The molecule has 1 aliphatic rings. The molecule has 0 bridgehead atoms. The van der Waals surface area contributed by atoms with Crippen molar-refractivity contribution in [2.24, 2.45) is 0 Å². The average molecular weight is 286 g/mol. The number of rotatable bonds is 4. The smallest absolute Gasteiger partial charge is 0.0858 e. The standard InChI is InChI=1S/C16H22N4O/c1-3-16(2)12-14(8-11-21-16)19-13-4-6-15(7-5-13)20-17-9-10-18-20/h4-7,9-10,14,19H,3,8,11-12H2,1-2H3. The second-order valence-electron chi connectivity index (χ2n) is 5.85. The van der Waals surface area contributed by atoms with Crippen molar-refractivity contribution in [1.82, 2.24) is 15.0 Å². The zero-order valence-corrected chi connectivity index (χ0v) is 12.6. The number of nitrogens with one attached hydrogen (secondary N) is 1. The Hall–Kier alpha value is -1.88. The molecular formula is C16H22N4O. The molecule has 1 aromatic carbocycles. The summed E-state index contributed by atoms with van der Waals surface area (Å²) in [6, 6.07) is 8.69. The second-order valence-corrected chi connectivity index (χ2v) is 5.85. The molecule has 0 saturated carbocycles. The summed E-state index contributed by atoms with van der Waals surface area (Å²) in [5.41, 5.74) is 2.11. The molecule has 2 aromatic rings. The van der Waals surface area contributed by atoms with Gasteiger partial charge in [0.1, 0.15) is 0 Å². The van der Waals surface area contributed by atoms with E-state index >= 15 is 0 Å². The minimum absolute atomic E-state index is 0.00877. The molecule has 0 amide bonds. The Morgan fingerprint density at radius 3 is 2.67 bits per heavy atom. The summed E-state index contributed by atoms with van der Waals surface area (Å²) in [5.74, 6) is 0. The maximum Gasteiger partial charge on any atom is 0.0858 e. The highest BCUT2D eigenvalue weighted by Crippen LogP contribution is 2.29. The fourth-order valence-corrected chi connectivity index (χ4v) is 2.78. The molecule has 1 fully saturated rings. The van der Waals surface area contributed by atoms with E-state index in [1.165, 1.54) is 0 Å². The van der Waals surface area contributed by atoms with Crippen molar-refractivity contribution in [2.45, 2.75) is 44.8 Å². The fraction of sp³-hybridized carbons (Fsp3) is 0.500. The van der Waals surface area contributed by atoms with Crippen molar-refractivity contribution in [1.29, 1.82) is 0 Å². The van der Waals surface area contributed by atoms with Crippen molar-refractivity contribution in [2.75, 3.05) is 11.9 Å². The number of hydrogen-bond acceptors (Lipinski definition) is 4. The Labute approximate surface area is 125 Å². The number of ether oxygens (including phenoxy) is 1. The minimum atomic E-state index is 0.00877. The lowest BCUT2D eigenvalue weighted by Gasteiger charge is -2.38. The lowest BCUT2D eigenvalue weighted by Crippen LogP contribution is -2.41. The number of benzene rings is 1. The zero-order chi connectivity index (χ0) is 14.7. The Balaban J connectivity index is 1.65. The van der Waals surface area contributed by atoms with Gasteiger partial charge in [0.05, 0.1) is 23.7 Å². The van der Waals surface area contributed by atoms with Crippen molar-refractivity contribution in [3.05, 3.63) is 36.7 Å². The van der Waals surface area contributed by atoms with Crippen LogP contribution in [0.3, 0.4) is 0 Å². The summed E-state index contributed by atoms with van der Waals surface area (Å²) in [7, 11) is 0. The molecular weight excluding hydrogens is 264 g/mol. The van der Waals surface area contributed by atoms with E-state index in [-0.39, 0.29) is 5.60 Å². The van der Waals surface area contributed by atoms with Gasteiger partial charge in [0.2, 0.25) is 0 Å². The van der Waals surface area contributed by atoms with E-state index in [0.29, 0.717) is 6.04 Å². The van der Waals surface area contributed by atoms with Gasteiger partial charge in [-0.1, -0.05) is 6.92 Å². The van der Waals surface area contributed by atoms with Crippen LogP contribution in [-0.2, 0) is 4.74 Å². The van der Waals surface area contributed by atoms with Crippen LogP contribution in [0.1, 0.15) is 33.1 Å². The first-order chi connectivity index (χ1) is 10.2. The monoisotopic (exact) mass is 286 g/mol. The maximum atomic E-state index is 5.89. The van der Waals surface area contributed by atoms with Gasteiger partial charge < -0.3 is 10.1 Å². The highest BCUT2D eigenvalue weighted by molar-refractivity contribution is 5.48. The first-order valence-corrected chi connectivity index (χ1v) is 7.56. The van der Waals surface area contributed by atoms with Gasteiger partial charge in [-0.15, -0.1) is 0 Å². The third kappa shape index (κ3) is 3.24. The molecule has 1 N–H and O–H groups in total. The van der Waals surface area contributed by atoms with Crippen molar-refractivity contribution in [3.8, 4) is 5.69 Å². The fourth-order valence-electron chi connectivity index (χ4n) is 2.78. The van der Waals surface area contributed by atoms with Gasteiger partial charge in [0.25, 0.3) is 0 Å². The third-order valence-corrected chi connectivity index (χ3v) is 4.23. The van der Waals surface area contributed by atoms with E-state index < -0.39 is 0 Å². The normalized spacial score (nSPS) is 25.7. The van der Waals surface area contributed by atoms with Crippen LogP contribution < -0.4 is 5.32 Å². The largest absolute Gasteiger partial charge is 0.382 e. The molecule has 5 heteroatoms. The molecule has 21 heavy (non-hydrogen) atoms. The molecule has 1 saturated heterocycles. The lowest BCUT2D eigenvalue weighted by molar-refractivity contribution is -0.0708. The first kappa shape index (κ1) is 14.1. The van der Waals surface area contributed by atoms with Crippen LogP contribution in [-0.4, -0.2) is 33.2 Å². The van der Waals surface area contributed by atoms with E-state index in [0.717, 1.165) is 37.2 Å². The van der Waals surface area contributed by atoms with Crippen LogP contribution in [0.4, 0.5) is 5.69 Å². The highest BCUT2D eigenvalue weighted by Gasteiger charge is 2.31. The Bertz CT molecular complexity index is 566. The van der Waals surface area contributed by atoms with Crippen molar-refractivity contribution >= 4 is 5.69 Å². The Morgan fingerprint density at radius 2 is 2.00 bits per heavy atom. The van der Waals surface area contributed by atoms with Gasteiger partial charge in [-0.2, -0.15) is 15.0 Å². The van der Waals surface area contributed by atoms with Gasteiger partial charge in [0, 0.05) is 18.3 Å². The topological polar surface area (TPSA) is 52.0 Å². The molecule has 2 atom stereocenters.